The fourth-order valence-corrected chi connectivity index (χ4v) is 19.5. The molecule has 12 aromatic rings. The van der Waals surface area contributed by atoms with Crippen LogP contribution in [0.5, 0.6) is 0 Å². The van der Waals surface area contributed by atoms with Crippen molar-refractivity contribution < 1.29 is 0 Å². The molecule has 0 fully saturated rings. The van der Waals surface area contributed by atoms with Gasteiger partial charge in [-0.05, 0) is 163 Å². The first-order chi connectivity index (χ1) is 42.2. The Bertz CT molecular complexity index is 4220. The Morgan fingerprint density at radius 3 is 0.886 bits per heavy atom. The third-order valence-electron chi connectivity index (χ3n) is 19.3. The van der Waals surface area contributed by atoms with E-state index in [2.05, 4.69) is 354 Å². The monoisotopic (exact) mass is 1210 g/mol. The second-order valence-electron chi connectivity index (χ2n) is 28.4. The standard InChI is InChI=1S/C82H80N2SSi3/c1-85(2,3)63-47-39-59(40-48-63)83(60-41-49-64(50-42-60)86(4,5)6)77-55-75-79(69-33-21-19-31-67(69)77)71-35-23-25-37-73(71)81(75,57-27-15-13-16-28-57)82(58-29-17-14-18-30-58)74-38-26-24-36-72(74)80-70-34-22-20-32-68(70)78(56-76(80)82)84(61-43-51-65(52-44-61)87(7,8)9)62-45-53-66(54-46-62)88(10,11)12/h13-56H,1-12H3. The highest BCUT2D eigenvalue weighted by atomic mass is 32.3. The zero-order valence-electron chi connectivity index (χ0n) is 53.2. The number of rotatable bonds is 13. The van der Waals surface area contributed by atoms with Gasteiger partial charge in [-0.2, -0.15) is 0 Å². The zero-order chi connectivity index (χ0) is 61.1. The van der Waals surface area contributed by atoms with Crippen LogP contribution in [-0.2, 0) is 10.8 Å². The van der Waals surface area contributed by atoms with Crippen molar-refractivity contribution in [2.45, 2.75) is 74.6 Å². The maximum Gasteiger partial charge on any atom is 0.0775 e. The van der Waals surface area contributed by atoms with E-state index in [1.807, 2.05) is 0 Å². The molecule has 14 rings (SSSR count). The van der Waals surface area contributed by atoms with E-state index in [-0.39, 0.29) is 0 Å². The van der Waals surface area contributed by atoms with Crippen molar-refractivity contribution in [1.29, 1.82) is 0 Å². The summed E-state index contributed by atoms with van der Waals surface area (Å²) in [6.45, 7) is 22.0. The van der Waals surface area contributed by atoms with Crippen LogP contribution in [0, 0.1) is 0 Å². The molecule has 2 aliphatic carbocycles. The number of nitrogens with zero attached hydrogens (tertiary/aromatic N) is 2. The Labute approximate surface area is 527 Å². The minimum Gasteiger partial charge on any atom is -0.310 e. The van der Waals surface area contributed by atoms with Crippen LogP contribution in [0.25, 0.3) is 43.8 Å². The number of hydrogen-bond acceptors (Lipinski definition) is 2. The van der Waals surface area contributed by atoms with Gasteiger partial charge in [-0.1, -0.05) is 269 Å². The summed E-state index contributed by atoms with van der Waals surface area (Å²) in [6, 6.07) is 105. The molecule has 6 heteroatoms. The molecule has 88 heavy (non-hydrogen) atoms. The first-order valence-corrected chi connectivity index (χ1v) is 44.7. The molecular weight excluding hydrogens is 1130 g/mol. The van der Waals surface area contributed by atoms with Gasteiger partial charge in [0, 0.05) is 33.5 Å². The quantitative estimate of drug-likeness (QED) is 0.106. The number of fused-ring (bicyclic) bond motifs is 10. The normalized spacial score (nSPS) is 16.5. The van der Waals surface area contributed by atoms with Gasteiger partial charge < -0.3 is 9.80 Å². The van der Waals surface area contributed by atoms with Gasteiger partial charge in [-0.3, -0.25) is 0 Å². The Balaban J connectivity index is 1.17. The van der Waals surface area contributed by atoms with E-state index in [9.17, 15) is 0 Å². The van der Waals surface area contributed by atoms with E-state index in [1.54, 1.807) is 0 Å². The van der Waals surface area contributed by atoms with E-state index in [0.717, 1.165) is 34.1 Å². The van der Waals surface area contributed by atoms with Gasteiger partial charge in [-0.25, -0.2) is 10.0 Å². The molecule has 12 aromatic carbocycles. The minimum atomic E-state index is -1.64. The van der Waals surface area contributed by atoms with E-state index in [4.69, 9.17) is 0 Å². The molecule has 2 unspecified atom stereocenters. The van der Waals surface area contributed by atoms with E-state index in [1.165, 1.54) is 97.6 Å². The van der Waals surface area contributed by atoms with Crippen LogP contribution in [0.4, 0.5) is 34.1 Å². The minimum absolute atomic E-state index is 0.891. The molecule has 0 amide bonds. The maximum atomic E-state index is 2.65. The molecule has 2 atom stereocenters. The summed E-state index contributed by atoms with van der Waals surface area (Å²) >= 11 is 0. The van der Waals surface area contributed by atoms with Crippen molar-refractivity contribution in [3.63, 3.8) is 0 Å². The molecule has 0 radical (unpaired) electrons. The van der Waals surface area contributed by atoms with Gasteiger partial charge in [0.05, 0.1) is 46.4 Å². The smallest absolute Gasteiger partial charge is 0.0775 e. The lowest BCUT2D eigenvalue weighted by Gasteiger charge is -2.51. The van der Waals surface area contributed by atoms with Crippen LogP contribution < -0.4 is 25.4 Å². The van der Waals surface area contributed by atoms with Crippen LogP contribution in [0.15, 0.2) is 272 Å². The van der Waals surface area contributed by atoms with Crippen molar-refractivity contribution in [3.05, 3.63) is 300 Å². The lowest BCUT2D eigenvalue weighted by Crippen LogP contribution is -2.50. The molecule has 436 valence electrons. The fraction of sp³-hybridized carbons (Fsp3) is 0.171. The van der Waals surface area contributed by atoms with Crippen molar-refractivity contribution in [1.82, 2.24) is 0 Å². The molecule has 0 saturated carbocycles. The molecule has 2 nitrogen and oxygen atoms in total. The third-order valence-corrected chi connectivity index (χ3v) is 27.2. The van der Waals surface area contributed by atoms with Gasteiger partial charge in [-0.15, -0.1) is 0 Å². The lowest BCUT2D eigenvalue weighted by molar-refractivity contribution is 0.438. The highest BCUT2D eigenvalue weighted by Crippen LogP contribution is 2.72. The van der Waals surface area contributed by atoms with Crippen molar-refractivity contribution >= 4 is 105 Å². The predicted molar refractivity (Wildman–Crippen MR) is 393 cm³/mol. The fourth-order valence-electron chi connectivity index (χ4n) is 15.0. The summed E-state index contributed by atoms with van der Waals surface area (Å²) in [5.74, 6) is 0. The van der Waals surface area contributed by atoms with Crippen molar-refractivity contribution in [2.24, 2.45) is 0 Å². The summed E-state index contributed by atoms with van der Waals surface area (Å²) in [4.78, 5) is 6.55. The Hall–Kier alpha value is -8.24. The summed E-state index contributed by atoms with van der Waals surface area (Å²) < 4.78 is 0. The van der Waals surface area contributed by atoms with Gasteiger partial charge in [0.25, 0.3) is 0 Å². The first-order valence-electron chi connectivity index (χ1n) is 31.3. The molecular formula is C82H80N2SSi3. The van der Waals surface area contributed by atoms with Crippen molar-refractivity contribution in [2.75, 3.05) is 28.6 Å². The van der Waals surface area contributed by atoms with E-state index in [0.29, 0.717) is 0 Å². The van der Waals surface area contributed by atoms with Crippen LogP contribution in [0.2, 0.25) is 58.9 Å². The highest BCUT2D eigenvalue weighted by Gasteiger charge is 2.65. The third kappa shape index (κ3) is 9.07. The van der Waals surface area contributed by atoms with E-state index < -0.39 is 45.1 Å². The SMILES string of the molecule is C[Si](C)(C)c1ccc(N(c2ccc([Si](C)(C)C)cc2)c2cc3c(c4ccccc24)-c2ccccc2C3(c2ccccc2)C2(c3ccccc3)c3ccccc3-c3c2cc(N(c2ccc([Si](C)(C)C)cc2)c2ccc(S(C)(C)C)cc2)c2ccccc32)cc1. The Morgan fingerprint density at radius 1 is 0.284 bits per heavy atom. The molecule has 2 aliphatic rings. The summed E-state index contributed by atoms with van der Waals surface area (Å²) in [7, 11) is -5.92. The molecule has 0 aromatic heterocycles. The van der Waals surface area contributed by atoms with E-state index >= 15 is 0 Å². The highest BCUT2D eigenvalue weighted by molar-refractivity contribution is 8.32. The topological polar surface area (TPSA) is 6.48 Å². The maximum absolute atomic E-state index is 2.65. The molecule has 0 heterocycles. The average Bonchev–Trinajstić information content (AvgIpc) is 1.45. The first kappa shape index (κ1) is 57.5. The van der Waals surface area contributed by atoms with Gasteiger partial charge in [0.15, 0.2) is 0 Å². The second-order valence-corrected chi connectivity index (χ2v) is 47.8. The van der Waals surface area contributed by atoms with Crippen LogP contribution >= 0.6 is 10.0 Å². The zero-order valence-corrected chi connectivity index (χ0v) is 57.0. The van der Waals surface area contributed by atoms with Crippen LogP contribution in [0.3, 0.4) is 0 Å². The molecule has 0 saturated heterocycles. The summed E-state index contributed by atoms with van der Waals surface area (Å²) in [6.07, 6.45) is 7.18. The molecule has 0 N–H and O–H groups in total. The summed E-state index contributed by atoms with van der Waals surface area (Å²) in [5, 5.41) is 9.25. The van der Waals surface area contributed by atoms with Gasteiger partial charge in [0.2, 0.25) is 0 Å². The predicted octanol–water partition coefficient (Wildman–Crippen LogP) is 21.0. The Kier molecular flexibility index (Phi) is 13.9. The van der Waals surface area contributed by atoms with Crippen molar-refractivity contribution in [3.8, 4) is 22.3 Å². The van der Waals surface area contributed by atoms with Gasteiger partial charge >= 0.3 is 0 Å². The lowest BCUT2D eigenvalue weighted by atomic mass is 9.49. The largest absolute Gasteiger partial charge is 0.310 e. The second kappa shape index (κ2) is 21.2. The number of benzene rings is 12. The van der Waals surface area contributed by atoms with Gasteiger partial charge in [0.1, 0.15) is 0 Å². The average molecular weight is 1210 g/mol. The van der Waals surface area contributed by atoms with Crippen LogP contribution in [-0.4, -0.2) is 43.0 Å². The number of hydrogen-bond donors (Lipinski definition) is 0. The number of anilines is 6. The van der Waals surface area contributed by atoms with Crippen LogP contribution in [0.1, 0.15) is 33.4 Å². The summed E-state index contributed by atoms with van der Waals surface area (Å²) in [5.41, 5.74) is 17.9. The molecule has 0 aliphatic heterocycles. The molecule has 0 bridgehead atoms. The molecule has 0 spiro atoms. The Morgan fingerprint density at radius 2 is 0.568 bits per heavy atom.